The van der Waals surface area contributed by atoms with E-state index >= 15 is 0 Å². The number of rotatable bonds is 2. The van der Waals surface area contributed by atoms with Crippen LogP contribution in [0.25, 0.3) is 10.9 Å². The van der Waals surface area contributed by atoms with Gasteiger partial charge in [0.1, 0.15) is 5.41 Å². The Balaban J connectivity index is 1.90. The van der Waals surface area contributed by atoms with Gasteiger partial charge in [-0.15, -0.1) is 0 Å². The number of halogens is 3. The Morgan fingerprint density at radius 3 is 2.70 bits per heavy atom. The van der Waals surface area contributed by atoms with Gasteiger partial charge >= 0.3 is 6.18 Å². The van der Waals surface area contributed by atoms with Crippen molar-refractivity contribution in [1.82, 2.24) is 4.98 Å². The van der Waals surface area contributed by atoms with Crippen LogP contribution in [0.5, 0.6) is 0 Å². The lowest BCUT2D eigenvalue weighted by molar-refractivity contribution is -0.221. The first-order valence-electron chi connectivity index (χ1n) is 7.30. The van der Waals surface area contributed by atoms with Crippen molar-refractivity contribution >= 4 is 22.5 Å². The van der Waals surface area contributed by atoms with Crippen molar-refractivity contribution in [2.75, 3.05) is 5.32 Å². The predicted octanol–water partition coefficient (Wildman–Crippen LogP) is 4.46. The minimum absolute atomic E-state index is 0.236. The molecule has 120 valence electrons. The molecular formula is C17H15F3N2O. The van der Waals surface area contributed by atoms with Crippen LogP contribution in [0.4, 0.5) is 18.9 Å². The van der Waals surface area contributed by atoms with E-state index in [4.69, 9.17) is 0 Å². The number of pyridine rings is 1. The minimum Gasteiger partial charge on any atom is -0.324 e. The number of nitrogens with zero attached hydrogens (tertiary/aromatic N) is 1. The van der Waals surface area contributed by atoms with Crippen molar-refractivity contribution in [3.8, 4) is 0 Å². The van der Waals surface area contributed by atoms with Crippen LogP contribution in [0.2, 0.25) is 0 Å². The van der Waals surface area contributed by atoms with Gasteiger partial charge in [-0.2, -0.15) is 13.2 Å². The molecule has 3 nitrogen and oxygen atoms in total. The zero-order valence-electron chi connectivity index (χ0n) is 12.2. The highest BCUT2D eigenvalue weighted by Gasteiger charge is 2.59. The number of para-hydroxylation sites is 1. The second kappa shape index (κ2) is 5.68. The molecule has 0 fully saturated rings. The molecule has 0 saturated carbocycles. The average molecular weight is 320 g/mol. The summed E-state index contributed by atoms with van der Waals surface area (Å²) in [7, 11) is 0. The lowest BCUT2D eigenvalue weighted by atomic mass is 9.75. The van der Waals surface area contributed by atoms with Crippen LogP contribution < -0.4 is 5.32 Å². The Morgan fingerprint density at radius 2 is 2.00 bits per heavy atom. The van der Waals surface area contributed by atoms with Crippen molar-refractivity contribution in [3.63, 3.8) is 0 Å². The Hall–Kier alpha value is -2.37. The summed E-state index contributed by atoms with van der Waals surface area (Å²) in [5, 5.41) is 3.15. The number of hydrogen-bond acceptors (Lipinski definition) is 2. The summed E-state index contributed by atoms with van der Waals surface area (Å²) >= 11 is 0. The van der Waals surface area contributed by atoms with Crippen LogP contribution in [0.15, 0.2) is 48.7 Å². The fourth-order valence-electron chi connectivity index (χ4n) is 2.82. The van der Waals surface area contributed by atoms with Gasteiger partial charge in [-0.05, 0) is 31.4 Å². The van der Waals surface area contributed by atoms with Crippen LogP contribution in [-0.2, 0) is 4.79 Å². The number of allylic oxidation sites excluding steroid dienone is 2. The van der Waals surface area contributed by atoms with E-state index in [9.17, 15) is 18.0 Å². The lowest BCUT2D eigenvalue weighted by Gasteiger charge is -2.35. The molecular weight excluding hydrogens is 305 g/mol. The summed E-state index contributed by atoms with van der Waals surface area (Å²) in [6, 6.07) is 8.84. The zero-order chi connectivity index (χ0) is 16.5. The highest BCUT2D eigenvalue weighted by molar-refractivity contribution is 5.97. The Bertz CT molecular complexity index is 770. The van der Waals surface area contributed by atoms with Gasteiger partial charge in [0.15, 0.2) is 0 Å². The van der Waals surface area contributed by atoms with E-state index < -0.39 is 17.5 Å². The number of alkyl halides is 3. The smallest absolute Gasteiger partial charge is 0.324 e. The van der Waals surface area contributed by atoms with E-state index in [0.29, 0.717) is 0 Å². The first-order valence-corrected chi connectivity index (χ1v) is 7.30. The van der Waals surface area contributed by atoms with Gasteiger partial charge in [0.25, 0.3) is 0 Å². The first kappa shape index (κ1) is 15.5. The molecule has 1 aliphatic carbocycles. The highest BCUT2D eigenvalue weighted by Crippen LogP contribution is 2.47. The van der Waals surface area contributed by atoms with Gasteiger partial charge < -0.3 is 5.32 Å². The van der Waals surface area contributed by atoms with Crippen molar-refractivity contribution < 1.29 is 18.0 Å². The minimum atomic E-state index is -4.59. The lowest BCUT2D eigenvalue weighted by Crippen LogP contribution is -2.48. The van der Waals surface area contributed by atoms with E-state index in [1.807, 2.05) is 6.07 Å². The van der Waals surface area contributed by atoms with E-state index in [1.54, 1.807) is 30.3 Å². The van der Waals surface area contributed by atoms with Crippen LogP contribution in [0.3, 0.4) is 0 Å². The Kier molecular flexibility index (Phi) is 3.83. The maximum absolute atomic E-state index is 13.5. The van der Waals surface area contributed by atoms with E-state index in [0.717, 1.165) is 10.9 Å². The molecule has 1 heterocycles. The van der Waals surface area contributed by atoms with Crippen LogP contribution in [0, 0.1) is 5.41 Å². The van der Waals surface area contributed by atoms with Crippen LogP contribution >= 0.6 is 0 Å². The number of carbonyl (C=O) groups is 1. The van der Waals surface area contributed by atoms with Gasteiger partial charge in [-0.25, -0.2) is 0 Å². The zero-order valence-corrected chi connectivity index (χ0v) is 12.2. The number of hydrogen-bond donors (Lipinski definition) is 1. The monoisotopic (exact) mass is 320 g/mol. The van der Waals surface area contributed by atoms with Gasteiger partial charge in [-0.3, -0.25) is 9.78 Å². The fraction of sp³-hybridized carbons (Fsp3) is 0.294. The molecule has 6 heteroatoms. The summed E-state index contributed by atoms with van der Waals surface area (Å²) in [6.07, 6.45) is -0.439. The number of fused-ring (bicyclic) bond motifs is 1. The molecule has 1 aromatic heterocycles. The molecule has 3 rings (SSSR count). The molecule has 1 aromatic carbocycles. The molecule has 0 aliphatic heterocycles. The SMILES string of the molecule is O=C(Nc1cnc2ccccc2c1)C1(C(F)(F)F)CC=CCC1. The number of amides is 1. The maximum Gasteiger partial charge on any atom is 0.403 e. The Morgan fingerprint density at radius 1 is 1.22 bits per heavy atom. The average Bonchev–Trinajstić information content (AvgIpc) is 2.54. The number of nitrogens with one attached hydrogen (secondary N) is 1. The summed E-state index contributed by atoms with van der Waals surface area (Å²) in [5.74, 6) is -1.02. The van der Waals surface area contributed by atoms with Crippen LogP contribution in [0.1, 0.15) is 19.3 Å². The molecule has 0 spiro atoms. The molecule has 2 aromatic rings. The van der Waals surface area contributed by atoms with E-state index in [-0.39, 0.29) is 24.9 Å². The molecule has 1 aliphatic rings. The van der Waals surface area contributed by atoms with Gasteiger partial charge in [-0.1, -0.05) is 30.4 Å². The second-order valence-corrected chi connectivity index (χ2v) is 5.66. The number of benzene rings is 1. The second-order valence-electron chi connectivity index (χ2n) is 5.66. The van der Waals surface area contributed by atoms with Gasteiger partial charge in [0, 0.05) is 5.39 Å². The normalized spacial score (nSPS) is 21.3. The van der Waals surface area contributed by atoms with E-state index in [1.165, 1.54) is 12.3 Å². The number of aromatic nitrogens is 1. The van der Waals surface area contributed by atoms with Crippen LogP contribution in [-0.4, -0.2) is 17.1 Å². The predicted molar refractivity (Wildman–Crippen MR) is 81.9 cm³/mol. The topological polar surface area (TPSA) is 42.0 Å². The molecule has 1 N–H and O–H groups in total. The summed E-state index contributed by atoms with van der Waals surface area (Å²) in [6.45, 7) is 0. The summed E-state index contributed by atoms with van der Waals surface area (Å²) in [4.78, 5) is 16.5. The standard InChI is InChI=1S/C17H15F3N2O/c18-17(19,20)16(8-4-1-5-9-16)15(23)22-13-10-12-6-2-3-7-14(12)21-11-13/h1-4,6-7,10-11H,5,8-9H2,(H,22,23). The summed E-state index contributed by atoms with van der Waals surface area (Å²) < 4.78 is 40.5. The molecule has 0 bridgehead atoms. The van der Waals surface area contributed by atoms with Crippen molar-refractivity contribution in [2.24, 2.45) is 5.41 Å². The first-order chi connectivity index (χ1) is 10.9. The fourth-order valence-corrected chi connectivity index (χ4v) is 2.82. The molecule has 1 amide bonds. The third kappa shape index (κ3) is 2.81. The quantitative estimate of drug-likeness (QED) is 0.830. The van der Waals surface area contributed by atoms with Crippen molar-refractivity contribution in [2.45, 2.75) is 25.4 Å². The van der Waals surface area contributed by atoms with E-state index in [2.05, 4.69) is 10.3 Å². The van der Waals surface area contributed by atoms with Gasteiger partial charge in [0.2, 0.25) is 5.91 Å². The molecule has 23 heavy (non-hydrogen) atoms. The Labute approximate surface area is 131 Å². The highest BCUT2D eigenvalue weighted by atomic mass is 19.4. The third-order valence-electron chi connectivity index (χ3n) is 4.20. The maximum atomic E-state index is 13.5. The summed E-state index contributed by atoms with van der Waals surface area (Å²) in [5.41, 5.74) is -1.38. The van der Waals surface area contributed by atoms with Crippen molar-refractivity contribution in [3.05, 3.63) is 48.7 Å². The largest absolute Gasteiger partial charge is 0.403 e. The number of anilines is 1. The number of carbonyl (C=O) groups excluding carboxylic acids is 1. The molecule has 0 saturated heterocycles. The van der Waals surface area contributed by atoms with Crippen molar-refractivity contribution in [1.29, 1.82) is 0 Å². The third-order valence-corrected chi connectivity index (χ3v) is 4.20. The molecule has 0 radical (unpaired) electrons. The molecule has 1 unspecified atom stereocenters. The molecule has 1 atom stereocenters. The van der Waals surface area contributed by atoms with Gasteiger partial charge in [0.05, 0.1) is 17.4 Å².